The van der Waals surface area contributed by atoms with Crippen molar-refractivity contribution in [2.75, 3.05) is 7.11 Å². The summed E-state index contributed by atoms with van der Waals surface area (Å²) in [6.07, 6.45) is 4.05. The highest BCUT2D eigenvalue weighted by Gasteiger charge is 1.99. The molecule has 2 heteroatoms. The van der Waals surface area contributed by atoms with Crippen LogP contribution in [0.4, 0.5) is 0 Å². The summed E-state index contributed by atoms with van der Waals surface area (Å²) in [4.78, 5) is 0. The average Bonchev–Trinajstić information content (AvgIpc) is 2.53. The number of ether oxygens (including phenoxy) is 1. The van der Waals surface area contributed by atoms with E-state index in [4.69, 9.17) is 4.74 Å². The summed E-state index contributed by atoms with van der Waals surface area (Å²) in [6.45, 7) is 0. The molecule has 0 aliphatic heterocycles. The van der Waals surface area contributed by atoms with E-state index in [-0.39, 0.29) is 0 Å². The average molecular weight is 260 g/mol. The van der Waals surface area contributed by atoms with Gasteiger partial charge in [0, 0.05) is 35.4 Å². The Morgan fingerprint density at radius 2 is 1.65 bits per heavy atom. The predicted molar refractivity (Wildman–Crippen MR) is 78.6 cm³/mol. The summed E-state index contributed by atoms with van der Waals surface area (Å²) < 4.78 is 7.20. The van der Waals surface area contributed by atoms with Gasteiger partial charge in [0.2, 0.25) is 5.52 Å². The lowest BCUT2D eigenvalue weighted by molar-refractivity contribution is -0.512. The van der Waals surface area contributed by atoms with Crippen molar-refractivity contribution in [1.82, 2.24) is 0 Å². The number of nitrogens with zero attached hydrogens (tertiary/aromatic N) is 1. The highest BCUT2D eigenvalue weighted by Crippen LogP contribution is 2.10. The molecule has 2 heterocycles. The molecule has 0 amide bonds. The molecule has 0 unspecified atom stereocenters. The molecule has 2 nitrogen and oxygen atoms in total. The topological polar surface area (TPSA) is 13.3 Å². The maximum atomic E-state index is 5.13. The van der Waals surface area contributed by atoms with Gasteiger partial charge in [-0.2, -0.15) is 4.40 Å². The van der Waals surface area contributed by atoms with Crippen LogP contribution in [-0.4, -0.2) is 7.11 Å². The molecule has 1 aromatic carbocycles. The van der Waals surface area contributed by atoms with Crippen molar-refractivity contribution in [1.29, 1.82) is 0 Å². The summed E-state index contributed by atoms with van der Waals surface area (Å²) >= 11 is 0. The van der Waals surface area contributed by atoms with E-state index in [0.29, 0.717) is 0 Å². The van der Waals surface area contributed by atoms with Crippen molar-refractivity contribution < 1.29 is 9.14 Å². The van der Waals surface area contributed by atoms with Crippen molar-refractivity contribution in [3.8, 4) is 17.6 Å². The summed E-state index contributed by atoms with van der Waals surface area (Å²) in [6, 6.07) is 18.0. The smallest absolute Gasteiger partial charge is 0.211 e. The third-order valence-corrected chi connectivity index (χ3v) is 3.08. The van der Waals surface area contributed by atoms with Crippen LogP contribution in [0.1, 0.15) is 11.1 Å². The Morgan fingerprint density at radius 1 is 0.850 bits per heavy atom. The number of aromatic nitrogens is 1. The molecule has 20 heavy (non-hydrogen) atoms. The first-order valence-electron chi connectivity index (χ1n) is 6.41. The van der Waals surface area contributed by atoms with E-state index in [9.17, 15) is 0 Å². The third kappa shape index (κ3) is 2.62. The normalized spacial score (nSPS) is 9.85. The van der Waals surface area contributed by atoms with Crippen LogP contribution in [0.15, 0.2) is 67.0 Å². The zero-order chi connectivity index (χ0) is 13.8. The maximum absolute atomic E-state index is 5.13. The van der Waals surface area contributed by atoms with Crippen molar-refractivity contribution in [3.05, 3.63) is 78.1 Å². The largest absolute Gasteiger partial charge is 0.497 e. The van der Waals surface area contributed by atoms with Gasteiger partial charge in [0.25, 0.3) is 0 Å². The fourth-order valence-corrected chi connectivity index (χ4v) is 1.99. The van der Waals surface area contributed by atoms with E-state index in [2.05, 4.69) is 28.4 Å². The fraction of sp³-hybridized carbons (Fsp3) is 0.0556. The molecule has 3 rings (SSSR count). The highest BCUT2D eigenvalue weighted by atomic mass is 16.5. The van der Waals surface area contributed by atoms with Crippen LogP contribution in [-0.2, 0) is 0 Å². The summed E-state index contributed by atoms with van der Waals surface area (Å²) in [5, 5.41) is 0. The molecule has 0 atom stereocenters. The fourth-order valence-electron chi connectivity index (χ4n) is 1.99. The van der Waals surface area contributed by atoms with Gasteiger partial charge in [-0.05, 0) is 30.3 Å². The zero-order valence-corrected chi connectivity index (χ0v) is 11.2. The Kier molecular flexibility index (Phi) is 3.34. The highest BCUT2D eigenvalue weighted by molar-refractivity contribution is 5.49. The Hall–Kier alpha value is -2.79. The number of hydrogen-bond acceptors (Lipinski definition) is 1. The molecule has 0 radical (unpaired) electrons. The van der Waals surface area contributed by atoms with Crippen LogP contribution < -0.4 is 9.14 Å². The number of benzene rings is 1. The Morgan fingerprint density at radius 3 is 2.45 bits per heavy atom. The molecule has 0 fully saturated rings. The predicted octanol–water partition coefficient (Wildman–Crippen LogP) is 2.83. The number of rotatable bonds is 1. The first-order chi connectivity index (χ1) is 9.85. The minimum absolute atomic E-state index is 0.845. The standard InChI is InChI=1S/C18H14NO/c1-20-18-9-7-15(8-10-18)5-6-16-11-13-19-12-3-2-4-17(19)14-16/h2-4,7-14H,1H3/q+1. The quantitative estimate of drug-likeness (QED) is 0.484. The summed E-state index contributed by atoms with van der Waals surface area (Å²) in [7, 11) is 1.66. The second kappa shape index (κ2) is 5.46. The first-order valence-corrected chi connectivity index (χ1v) is 6.41. The first kappa shape index (κ1) is 12.3. The molecule has 0 saturated heterocycles. The van der Waals surface area contributed by atoms with Crippen LogP contribution in [0, 0.1) is 11.8 Å². The number of methoxy groups -OCH3 is 1. The lowest BCUT2D eigenvalue weighted by Gasteiger charge is -1.97. The molecule has 2 aromatic heterocycles. The number of pyridine rings is 2. The monoisotopic (exact) mass is 260 g/mol. The van der Waals surface area contributed by atoms with E-state index in [1.807, 2.05) is 54.9 Å². The SMILES string of the molecule is COc1ccc(C#Cc2cc[n+]3ccccc3c2)cc1. The maximum Gasteiger partial charge on any atom is 0.211 e. The van der Waals surface area contributed by atoms with Crippen LogP contribution in [0.3, 0.4) is 0 Å². The molecule has 0 aliphatic carbocycles. The molecule has 3 aromatic rings. The van der Waals surface area contributed by atoms with Gasteiger partial charge in [-0.3, -0.25) is 0 Å². The summed E-state index contributed by atoms with van der Waals surface area (Å²) in [5.41, 5.74) is 3.12. The van der Waals surface area contributed by atoms with Crippen molar-refractivity contribution >= 4 is 5.52 Å². The van der Waals surface area contributed by atoms with Gasteiger partial charge in [-0.15, -0.1) is 0 Å². The van der Waals surface area contributed by atoms with Gasteiger partial charge in [0.05, 0.1) is 7.11 Å². The Balaban J connectivity index is 1.90. The minimum Gasteiger partial charge on any atom is -0.497 e. The van der Waals surface area contributed by atoms with Gasteiger partial charge >= 0.3 is 0 Å². The van der Waals surface area contributed by atoms with E-state index >= 15 is 0 Å². The van der Waals surface area contributed by atoms with Crippen LogP contribution in [0.2, 0.25) is 0 Å². The molecule has 0 saturated carbocycles. The second-order valence-electron chi connectivity index (χ2n) is 4.43. The molecular formula is C18H14NO+. The minimum atomic E-state index is 0.845. The summed E-state index contributed by atoms with van der Waals surface area (Å²) in [5.74, 6) is 7.19. The number of fused-ring (bicyclic) bond motifs is 1. The molecule has 0 N–H and O–H groups in total. The van der Waals surface area contributed by atoms with Gasteiger partial charge in [0.1, 0.15) is 5.75 Å². The third-order valence-electron chi connectivity index (χ3n) is 3.08. The van der Waals surface area contributed by atoms with Crippen molar-refractivity contribution in [2.45, 2.75) is 0 Å². The van der Waals surface area contributed by atoms with Crippen molar-refractivity contribution in [2.24, 2.45) is 0 Å². The number of hydrogen-bond donors (Lipinski definition) is 0. The van der Waals surface area contributed by atoms with Gasteiger partial charge in [-0.1, -0.05) is 11.8 Å². The molecule has 0 bridgehead atoms. The molecular weight excluding hydrogens is 246 g/mol. The van der Waals surface area contributed by atoms with E-state index in [0.717, 1.165) is 22.4 Å². The second-order valence-corrected chi connectivity index (χ2v) is 4.43. The van der Waals surface area contributed by atoms with Crippen molar-refractivity contribution in [3.63, 3.8) is 0 Å². The van der Waals surface area contributed by atoms with Gasteiger partial charge in [0.15, 0.2) is 12.4 Å². The lowest BCUT2D eigenvalue weighted by Crippen LogP contribution is -2.19. The molecule has 0 aliphatic rings. The van der Waals surface area contributed by atoms with Gasteiger partial charge in [-0.25, -0.2) is 0 Å². The van der Waals surface area contributed by atoms with E-state index in [1.54, 1.807) is 7.11 Å². The Bertz CT molecular complexity index is 795. The van der Waals surface area contributed by atoms with Crippen LogP contribution in [0.25, 0.3) is 5.52 Å². The Labute approximate surface area is 118 Å². The molecule has 96 valence electrons. The lowest BCUT2D eigenvalue weighted by atomic mass is 10.2. The van der Waals surface area contributed by atoms with Gasteiger partial charge < -0.3 is 4.74 Å². The van der Waals surface area contributed by atoms with Crippen LogP contribution in [0.5, 0.6) is 5.75 Å². The zero-order valence-electron chi connectivity index (χ0n) is 11.2. The van der Waals surface area contributed by atoms with E-state index < -0.39 is 0 Å². The van der Waals surface area contributed by atoms with Crippen LogP contribution >= 0.6 is 0 Å². The molecule has 0 spiro atoms. The van der Waals surface area contributed by atoms with E-state index in [1.165, 1.54) is 0 Å².